The SMILES string of the molecule is O=C([C@@H](O)[C@@H](O)[C@H](O)[C@H](O)CO)S(=O)(=O)O.[Au]. The van der Waals surface area contributed by atoms with Crippen molar-refractivity contribution < 1.29 is 65.7 Å². The topological polar surface area (TPSA) is 173 Å². The van der Waals surface area contributed by atoms with Gasteiger partial charge in [-0.1, -0.05) is 0 Å². The molecule has 0 saturated heterocycles. The van der Waals surface area contributed by atoms with Gasteiger partial charge >= 0.3 is 15.2 Å². The van der Waals surface area contributed by atoms with Crippen molar-refractivity contribution in [3.63, 3.8) is 0 Å². The first-order chi connectivity index (χ1) is 7.12. The van der Waals surface area contributed by atoms with Gasteiger partial charge in [0.1, 0.15) is 18.3 Å². The number of hydrogen-bond donors (Lipinski definition) is 6. The van der Waals surface area contributed by atoms with Gasteiger partial charge in [0.15, 0.2) is 6.10 Å². The molecule has 4 atom stereocenters. The van der Waals surface area contributed by atoms with E-state index in [0.29, 0.717) is 0 Å². The van der Waals surface area contributed by atoms with E-state index in [1.807, 2.05) is 0 Å². The number of hydrogen-bond acceptors (Lipinski definition) is 8. The zero-order valence-corrected chi connectivity index (χ0v) is 11.1. The van der Waals surface area contributed by atoms with Crippen LogP contribution >= 0.6 is 0 Å². The summed E-state index contributed by atoms with van der Waals surface area (Å²) in [7, 11) is -5.22. The van der Waals surface area contributed by atoms with Gasteiger partial charge in [0.2, 0.25) is 0 Å². The molecule has 0 aliphatic rings. The maximum absolute atomic E-state index is 10.7. The molecule has 0 unspecified atom stereocenters. The molecule has 0 aromatic heterocycles. The summed E-state index contributed by atoms with van der Waals surface area (Å²) in [5.74, 6) is 0. The molecule has 0 aromatic rings. The largest absolute Gasteiger partial charge is 0.394 e. The Bertz CT molecular complexity index is 341. The van der Waals surface area contributed by atoms with E-state index in [9.17, 15) is 13.2 Å². The number of carbonyl (C=O) groups excluding carboxylic acids is 1. The van der Waals surface area contributed by atoms with Crippen LogP contribution in [0.5, 0.6) is 0 Å². The molecule has 0 heterocycles. The van der Waals surface area contributed by atoms with Gasteiger partial charge in [-0.3, -0.25) is 9.35 Å². The van der Waals surface area contributed by atoms with Crippen LogP contribution in [0.15, 0.2) is 0 Å². The van der Waals surface area contributed by atoms with Gasteiger partial charge in [-0.05, 0) is 0 Å². The third kappa shape index (κ3) is 5.52. The molecule has 0 aromatic carbocycles. The van der Waals surface area contributed by atoms with Crippen molar-refractivity contribution in [1.29, 1.82) is 0 Å². The predicted molar refractivity (Wildman–Crippen MR) is 47.7 cm³/mol. The number of aliphatic hydroxyl groups excluding tert-OH is 5. The van der Waals surface area contributed by atoms with E-state index in [-0.39, 0.29) is 22.4 Å². The maximum Gasteiger partial charge on any atom is 0.331 e. The summed E-state index contributed by atoms with van der Waals surface area (Å²) in [4.78, 5) is 10.7. The monoisotopic (exact) mass is 457 g/mol. The fourth-order valence-corrected chi connectivity index (χ4v) is 1.26. The van der Waals surface area contributed by atoms with Crippen LogP contribution in [0.25, 0.3) is 0 Å². The molecule has 11 heteroatoms. The molecule has 9 nitrogen and oxygen atoms in total. The molecular formula is C6H12AuO9S. The summed E-state index contributed by atoms with van der Waals surface area (Å²) < 4.78 is 28.8. The van der Waals surface area contributed by atoms with Crippen molar-refractivity contribution in [1.82, 2.24) is 0 Å². The summed E-state index contributed by atoms with van der Waals surface area (Å²) in [6, 6.07) is 0. The molecule has 0 aliphatic carbocycles. The zero-order chi connectivity index (χ0) is 13.1. The maximum atomic E-state index is 10.7. The van der Waals surface area contributed by atoms with E-state index < -0.39 is 46.3 Å². The van der Waals surface area contributed by atoms with Crippen LogP contribution in [0.2, 0.25) is 0 Å². The minimum atomic E-state index is -5.22. The Morgan fingerprint density at radius 3 is 1.76 bits per heavy atom. The van der Waals surface area contributed by atoms with Crippen molar-refractivity contribution in [2.75, 3.05) is 6.61 Å². The predicted octanol–water partition coefficient (Wildman–Crippen LogP) is -4.17. The summed E-state index contributed by atoms with van der Waals surface area (Å²) in [6.07, 6.45) is -9.02. The Labute approximate surface area is 112 Å². The van der Waals surface area contributed by atoms with Crippen molar-refractivity contribution in [3.05, 3.63) is 0 Å². The number of rotatable bonds is 5. The second-order valence-corrected chi connectivity index (χ2v) is 4.32. The second kappa shape index (κ2) is 7.53. The van der Waals surface area contributed by atoms with Gasteiger partial charge in [-0.2, -0.15) is 8.42 Å². The van der Waals surface area contributed by atoms with E-state index in [2.05, 4.69) is 0 Å². The van der Waals surface area contributed by atoms with Crippen molar-refractivity contribution in [3.8, 4) is 0 Å². The van der Waals surface area contributed by atoms with E-state index in [1.54, 1.807) is 0 Å². The van der Waals surface area contributed by atoms with Crippen LogP contribution in [0, 0.1) is 0 Å². The first-order valence-electron chi connectivity index (χ1n) is 3.97. The van der Waals surface area contributed by atoms with Crippen molar-refractivity contribution in [2.24, 2.45) is 0 Å². The zero-order valence-electron chi connectivity index (χ0n) is 8.13. The molecule has 0 saturated carbocycles. The Kier molecular flexibility index (Phi) is 8.62. The molecule has 0 aliphatic heterocycles. The van der Waals surface area contributed by atoms with Gasteiger partial charge in [-0.25, -0.2) is 0 Å². The Balaban J connectivity index is 0. The van der Waals surface area contributed by atoms with Gasteiger partial charge < -0.3 is 25.5 Å². The summed E-state index contributed by atoms with van der Waals surface area (Å²) in [5.41, 5.74) is 0. The quantitative estimate of drug-likeness (QED) is 0.177. The van der Waals surface area contributed by atoms with E-state index in [4.69, 9.17) is 30.1 Å². The molecule has 6 N–H and O–H groups in total. The molecule has 0 fully saturated rings. The second-order valence-electron chi connectivity index (χ2n) is 2.97. The van der Waals surface area contributed by atoms with Crippen molar-refractivity contribution >= 4 is 15.2 Å². The van der Waals surface area contributed by atoms with Crippen LogP contribution in [-0.4, -0.2) is 74.6 Å². The molecule has 1 radical (unpaired) electrons. The van der Waals surface area contributed by atoms with Crippen LogP contribution in [0.1, 0.15) is 0 Å². The van der Waals surface area contributed by atoms with Gasteiger partial charge in [0.05, 0.1) is 6.61 Å². The van der Waals surface area contributed by atoms with Crippen LogP contribution < -0.4 is 0 Å². The third-order valence-electron chi connectivity index (χ3n) is 1.75. The summed E-state index contributed by atoms with van der Waals surface area (Å²) >= 11 is 0. The first kappa shape index (κ1) is 19.5. The third-order valence-corrected chi connectivity index (χ3v) is 2.50. The molecule has 0 amide bonds. The smallest absolute Gasteiger partial charge is 0.331 e. The fourth-order valence-electron chi connectivity index (χ4n) is 0.814. The molecule has 107 valence electrons. The standard InChI is InChI=1S/C6H12O9S.Au/c7-1-2(8)3(9)4(10)5(11)6(12)16(13,14)15;/h2-5,7-11H,1H2,(H,13,14,15);/t2-,3-,4+,5+;/m1./s1. The fraction of sp³-hybridized carbons (Fsp3) is 0.833. The molecule has 0 rings (SSSR count). The van der Waals surface area contributed by atoms with Crippen LogP contribution in [-0.2, 0) is 37.3 Å². The minimum absolute atomic E-state index is 0. The van der Waals surface area contributed by atoms with Gasteiger partial charge in [0, 0.05) is 22.4 Å². The average molecular weight is 457 g/mol. The number of carbonyl (C=O) groups is 1. The van der Waals surface area contributed by atoms with Gasteiger partial charge in [-0.15, -0.1) is 0 Å². The van der Waals surface area contributed by atoms with E-state index >= 15 is 0 Å². The molecular weight excluding hydrogens is 445 g/mol. The summed E-state index contributed by atoms with van der Waals surface area (Å²) in [5, 5.41) is 42.1. The Morgan fingerprint density at radius 2 is 1.47 bits per heavy atom. The Morgan fingerprint density at radius 1 is 1.06 bits per heavy atom. The molecule has 0 spiro atoms. The van der Waals surface area contributed by atoms with Crippen LogP contribution in [0.3, 0.4) is 0 Å². The minimum Gasteiger partial charge on any atom is -0.394 e. The summed E-state index contributed by atoms with van der Waals surface area (Å²) in [6.45, 7) is -0.981. The molecule has 17 heavy (non-hydrogen) atoms. The molecule has 0 bridgehead atoms. The normalized spacial score (nSPS) is 18.7. The van der Waals surface area contributed by atoms with Crippen molar-refractivity contribution in [2.45, 2.75) is 24.4 Å². The Hall–Kier alpha value is 0.120. The average Bonchev–Trinajstić information content (AvgIpc) is 2.22. The van der Waals surface area contributed by atoms with Gasteiger partial charge in [0.25, 0.3) is 0 Å². The van der Waals surface area contributed by atoms with E-state index in [0.717, 1.165) is 0 Å². The first-order valence-corrected chi connectivity index (χ1v) is 5.41. The number of aliphatic hydroxyl groups is 5. The van der Waals surface area contributed by atoms with Crippen LogP contribution in [0.4, 0.5) is 0 Å². The van der Waals surface area contributed by atoms with E-state index in [1.165, 1.54) is 0 Å².